The van der Waals surface area contributed by atoms with E-state index in [-0.39, 0.29) is 5.75 Å². The van der Waals surface area contributed by atoms with Gasteiger partial charge in [-0.1, -0.05) is 18.2 Å². The van der Waals surface area contributed by atoms with Crippen LogP contribution in [-0.2, 0) is 0 Å². The molecule has 0 bridgehead atoms. The fourth-order valence-corrected chi connectivity index (χ4v) is 3.83. The molecule has 0 spiro atoms. The SMILES string of the molecule is COc1ccc(OC(=O)c2ccc3cc4cc(C(O)Oc5ccc(O)cc5)ccc4cc3c2)cc1. The second-order valence-corrected chi connectivity index (χ2v) is 8.05. The number of benzene rings is 5. The Morgan fingerprint density at radius 1 is 0.686 bits per heavy atom. The van der Waals surface area contributed by atoms with Crippen molar-refractivity contribution in [1.82, 2.24) is 0 Å². The molecule has 0 saturated heterocycles. The Morgan fingerprint density at radius 3 is 1.97 bits per heavy atom. The minimum absolute atomic E-state index is 0.126. The van der Waals surface area contributed by atoms with Gasteiger partial charge in [0.25, 0.3) is 0 Å². The van der Waals surface area contributed by atoms with Crippen LogP contribution < -0.4 is 14.2 Å². The summed E-state index contributed by atoms with van der Waals surface area (Å²) in [5.41, 5.74) is 1.05. The number of hydrogen-bond acceptors (Lipinski definition) is 6. The number of esters is 1. The lowest BCUT2D eigenvalue weighted by Gasteiger charge is -2.15. The van der Waals surface area contributed by atoms with E-state index in [2.05, 4.69) is 0 Å². The van der Waals surface area contributed by atoms with E-state index in [4.69, 9.17) is 14.2 Å². The summed E-state index contributed by atoms with van der Waals surface area (Å²) in [6.45, 7) is 0. The van der Waals surface area contributed by atoms with Crippen molar-refractivity contribution in [2.45, 2.75) is 6.29 Å². The molecular weight excluding hydrogens is 444 g/mol. The number of aliphatic hydroxyl groups is 1. The third-order valence-electron chi connectivity index (χ3n) is 5.69. The Bertz CT molecular complexity index is 1510. The van der Waals surface area contributed by atoms with Crippen molar-refractivity contribution < 1.29 is 29.2 Å². The van der Waals surface area contributed by atoms with Gasteiger partial charge in [0.15, 0.2) is 0 Å². The van der Waals surface area contributed by atoms with Crippen molar-refractivity contribution in [3.05, 3.63) is 108 Å². The number of phenolic OH excluding ortho intramolecular Hbond substituents is 1. The number of aromatic hydroxyl groups is 1. The Balaban J connectivity index is 1.37. The Hall–Kier alpha value is -4.55. The number of hydrogen-bond donors (Lipinski definition) is 2. The Morgan fingerprint density at radius 2 is 1.29 bits per heavy atom. The molecule has 0 radical (unpaired) electrons. The Labute approximate surface area is 201 Å². The molecule has 0 aliphatic rings. The van der Waals surface area contributed by atoms with Crippen molar-refractivity contribution >= 4 is 27.5 Å². The highest BCUT2D eigenvalue weighted by Crippen LogP contribution is 2.29. The number of aliphatic hydroxyl groups excluding tert-OH is 1. The van der Waals surface area contributed by atoms with Crippen LogP contribution in [0.5, 0.6) is 23.0 Å². The second-order valence-electron chi connectivity index (χ2n) is 8.05. The predicted octanol–water partition coefficient (Wildman–Crippen LogP) is 6.00. The van der Waals surface area contributed by atoms with Gasteiger partial charge in [0.2, 0.25) is 6.29 Å². The number of methoxy groups -OCH3 is 1. The van der Waals surface area contributed by atoms with E-state index in [0.717, 1.165) is 21.5 Å². The normalized spacial score (nSPS) is 11.8. The van der Waals surface area contributed by atoms with Crippen LogP contribution in [0.4, 0.5) is 0 Å². The number of carbonyl (C=O) groups is 1. The molecule has 35 heavy (non-hydrogen) atoms. The molecule has 0 aromatic heterocycles. The first-order chi connectivity index (χ1) is 17.0. The van der Waals surface area contributed by atoms with E-state index >= 15 is 0 Å². The highest BCUT2D eigenvalue weighted by Gasteiger charge is 2.13. The van der Waals surface area contributed by atoms with Gasteiger partial charge in [-0.05, 0) is 100 Å². The fourth-order valence-electron chi connectivity index (χ4n) is 3.83. The van der Waals surface area contributed by atoms with Crippen LogP contribution in [0.2, 0.25) is 0 Å². The molecular formula is C29H22O6. The van der Waals surface area contributed by atoms with Gasteiger partial charge in [0.1, 0.15) is 23.0 Å². The molecule has 6 nitrogen and oxygen atoms in total. The molecule has 5 aromatic carbocycles. The summed E-state index contributed by atoms with van der Waals surface area (Å²) in [5.74, 6) is 1.26. The van der Waals surface area contributed by atoms with Crippen molar-refractivity contribution in [2.24, 2.45) is 0 Å². The summed E-state index contributed by atoms with van der Waals surface area (Å²) in [4.78, 5) is 12.7. The number of rotatable bonds is 6. The largest absolute Gasteiger partial charge is 0.508 e. The molecule has 5 rings (SSSR count). The predicted molar refractivity (Wildman–Crippen MR) is 133 cm³/mol. The van der Waals surface area contributed by atoms with E-state index in [1.165, 1.54) is 12.1 Å². The van der Waals surface area contributed by atoms with Gasteiger partial charge in [-0.3, -0.25) is 0 Å². The molecule has 2 N–H and O–H groups in total. The maximum absolute atomic E-state index is 12.7. The van der Waals surface area contributed by atoms with Crippen molar-refractivity contribution in [1.29, 1.82) is 0 Å². The van der Waals surface area contributed by atoms with Crippen molar-refractivity contribution in [3.63, 3.8) is 0 Å². The first-order valence-electron chi connectivity index (χ1n) is 11.0. The van der Waals surface area contributed by atoms with Crippen LogP contribution >= 0.6 is 0 Å². The molecule has 0 aliphatic carbocycles. The lowest BCUT2D eigenvalue weighted by Crippen LogP contribution is -2.08. The van der Waals surface area contributed by atoms with E-state index in [0.29, 0.717) is 28.4 Å². The lowest BCUT2D eigenvalue weighted by atomic mass is 10.00. The summed E-state index contributed by atoms with van der Waals surface area (Å²) < 4.78 is 16.2. The van der Waals surface area contributed by atoms with Gasteiger partial charge >= 0.3 is 5.97 Å². The fraction of sp³-hybridized carbons (Fsp3) is 0.0690. The van der Waals surface area contributed by atoms with Gasteiger partial charge < -0.3 is 24.4 Å². The average molecular weight is 466 g/mol. The minimum Gasteiger partial charge on any atom is -0.508 e. The first-order valence-corrected chi connectivity index (χ1v) is 11.0. The summed E-state index contributed by atoms with van der Waals surface area (Å²) in [7, 11) is 1.58. The lowest BCUT2D eigenvalue weighted by molar-refractivity contribution is -0.0193. The molecule has 174 valence electrons. The Kier molecular flexibility index (Phi) is 5.95. The molecule has 0 fully saturated rings. The molecule has 1 unspecified atom stereocenters. The summed E-state index contributed by atoms with van der Waals surface area (Å²) in [6, 6.07) is 27.9. The highest BCUT2D eigenvalue weighted by atomic mass is 16.6. The molecule has 5 aromatic rings. The van der Waals surface area contributed by atoms with Crippen LogP contribution in [0.1, 0.15) is 22.2 Å². The van der Waals surface area contributed by atoms with E-state index in [9.17, 15) is 15.0 Å². The van der Waals surface area contributed by atoms with E-state index in [1.807, 2.05) is 30.3 Å². The monoisotopic (exact) mass is 466 g/mol. The van der Waals surface area contributed by atoms with Crippen LogP contribution in [0.15, 0.2) is 97.1 Å². The van der Waals surface area contributed by atoms with Crippen LogP contribution in [0.25, 0.3) is 21.5 Å². The molecule has 0 aliphatic heterocycles. The van der Waals surface area contributed by atoms with Crippen molar-refractivity contribution in [3.8, 4) is 23.0 Å². The van der Waals surface area contributed by atoms with Crippen LogP contribution in [0.3, 0.4) is 0 Å². The summed E-state index contributed by atoms with van der Waals surface area (Å²) in [6.07, 6.45) is -1.16. The molecule has 0 saturated carbocycles. The summed E-state index contributed by atoms with van der Waals surface area (Å²) in [5, 5.41) is 23.6. The van der Waals surface area contributed by atoms with E-state index in [1.54, 1.807) is 61.7 Å². The maximum Gasteiger partial charge on any atom is 0.343 e. The highest BCUT2D eigenvalue weighted by molar-refractivity contribution is 6.02. The number of phenols is 1. The molecule has 0 amide bonds. The number of ether oxygens (including phenoxy) is 3. The molecule has 0 heterocycles. The standard InChI is InChI=1S/C29H22O6/c1-33-25-10-12-27(13-11-25)35-29(32)21-5-3-19-14-22-16-20(4-2-18(22)15-23(19)17-21)28(31)34-26-8-6-24(30)7-9-26/h2-17,28,30-31H,1H3. The number of carbonyl (C=O) groups excluding carboxylic acids is 1. The zero-order valence-corrected chi connectivity index (χ0v) is 18.8. The van der Waals surface area contributed by atoms with E-state index < -0.39 is 12.3 Å². The van der Waals surface area contributed by atoms with Gasteiger partial charge in [0.05, 0.1) is 12.7 Å². The maximum atomic E-state index is 12.7. The van der Waals surface area contributed by atoms with Gasteiger partial charge in [-0.2, -0.15) is 0 Å². The first kappa shape index (κ1) is 22.3. The average Bonchev–Trinajstić information content (AvgIpc) is 2.88. The zero-order chi connectivity index (χ0) is 24.4. The quantitative estimate of drug-likeness (QED) is 0.138. The van der Waals surface area contributed by atoms with Gasteiger partial charge in [-0.15, -0.1) is 0 Å². The smallest absolute Gasteiger partial charge is 0.343 e. The van der Waals surface area contributed by atoms with Crippen LogP contribution in [-0.4, -0.2) is 23.3 Å². The molecule has 6 heteroatoms. The number of fused-ring (bicyclic) bond motifs is 2. The third kappa shape index (κ3) is 4.88. The zero-order valence-electron chi connectivity index (χ0n) is 18.8. The summed E-state index contributed by atoms with van der Waals surface area (Å²) >= 11 is 0. The topological polar surface area (TPSA) is 85.2 Å². The van der Waals surface area contributed by atoms with Crippen LogP contribution in [0, 0.1) is 0 Å². The van der Waals surface area contributed by atoms with Gasteiger partial charge in [-0.25, -0.2) is 4.79 Å². The van der Waals surface area contributed by atoms with Gasteiger partial charge in [0, 0.05) is 5.56 Å². The molecule has 1 atom stereocenters. The third-order valence-corrected chi connectivity index (χ3v) is 5.69. The second kappa shape index (κ2) is 9.37. The van der Waals surface area contributed by atoms with Crippen molar-refractivity contribution in [2.75, 3.05) is 7.11 Å². The minimum atomic E-state index is -1.16.